The lowest BCUT2D eigenvalue weighted by Gasteiger charge is -2.00. The molecule has 0 fully saturated rings. The van der Waals surface area contributed by atoms with Gasteiger partial charge in [-0.3, -0.25) is 5.32 Å². The molecular weight excluding hydrogens is 203 g/mol. The van der Waals surface area contributed by atoms with Gasteiger partial charge in [0, 0.05) is 0 Å². The number of carboxylic acid groups (broad SMARTS) is 1. The van der Waals surface area contributed by atoms with E-state index in [-0.39, 0.29) is 15.9 Å². The maximum atomic E-state index is 10.1. The number of aromatic nitrogens is 1. The predicted molar refractivity (Wildman–Crippen MR) is 45.9 cm³/mol. The van der Waals surface area contributed by atoms with Crippen molar-refractivity contribution in [1.82, 2.24) is 4.98 Å². The minimum Gasteiger partial charge on any atom is -0.465 e. The maximum Gasteiger partial charge on any atom is 0.409 e. The van der Waals surface area contributed by atoms with Crippen LogP contribution in [0.3, 0.4) is 0 Å². The minimum absolute atomic E-state index is 0.146. The normalized spacial score (nSPS) is 9.50. The van der Waals surface area contributed by atoms with Gasteiger partial charge in [-0.1, -0.05) is 23.2 Å². The molecule has 1 amide bonds. The van der Waals surface area contributed by atoms with Crippen molar-refractivity contribution in [3.8, 4) is 0 Å². The monoisotopic (exact) mass is 206 g/mol. The summed E-state index contributed by atoms with van der Waals surface area (Å²) >= 11 is 11.1. The van der Waals surface area contributed by atoms with Gasteiger partial charge in [0.2, 0.25) is 0 Å². The fourth-order valence-corrected chi connectivity index (χ4v) is 0.883. The van der Waals surface area contributed by atoms with Crippen molar-refractivity contribution in [2.45, 2.75) is 0 Å². The van der Waals surface area contributed by atoms with E-state index in [1.165, 1.54) is 12.3 Å². The molecule has 1 aromatic heterocycles. The van der Waals surface area contributed by atoms with Crippen LogP contribution in [0.25, 0.3) is 0 Å². The predicted octanol–water partition coefficient (Wildman–Crippen LogP) is 2.48. The summed E-state index contributed by atoms with van der Waals surface area (Å²) in [6, 6.07) is 1.38. The van der Waals surface area contributed by atoms with Gasteiger partial charge in [0.15, 0.2) is 0 Å². The SMILES string of the molecule is O=C(O)Nc1cnc(Cl)c(Cl)c1. The van der Waals surface area contributed by atoms with Crippen LogP contribution >= 0.6 is 23.2 Å². The molecule has 1 rings (SSSR count). The number of anilines is 1. The Labute approximate surface area is 78.1 Å². The van der Waals surface area contributed by atoms with Crippen LogP contribution in [0.2, 0.25) is 10.2 Å². The number of hydrogen-bond donors (Lipinski definition) is 2. The Morgan fingerprint density at radius 1 is 1.58 bits per heavy atom. The Bertz CT molecular complexity index is 316. The first-order valence-corrected chi connectivity index (χ1v) is 3.66. The number of halogens is 2. The van der Waals surface area contributed by atoms with E-state index in [0.717, 1.165) is 0 Å². The second kappa shape index (κ2) is 3.60. The standard InChI is InChI=1S/C6H4Cl2N2O2/c7-4-1-3(10-6(11)12)2-9-5(4)8/h1-2,10H,(H,11,12). The van der Waals surface area contributed by atoms with Crippen molar-refractivity contribution in [1.29, 1.82) is 0 Å². The van der Waals surface area contributed by atoms with Crippen molar-refractivity contribution < 1.29 is 9.90 Å². The largest absolute Gasteiger partial charge is 0.465 e. The Balaban J connectivity index is 2.89. The van der Waals surface area contributed by atoms with Crippen molar-refractivity contribution in [3.05, 3.63) is 22.4 Å². The summed E-state index contributed by atoms with van der Waals surface area (Å²) in [5, 5.41) is 10.8. The van der Waals surface area contributed by atoms with Crippen LogP contribution in [-0.4, -0.2) is 16.2 Å². The molecule has 0 aliphatic carbocycles. The lowest BCUT2D eigenvalue weighted by atomic mass is 10.4. The number of rotatable bonds is 1. The molecule has 6 heteroatoms. The minimum atomic E-state index is -1.17. The molecule has 0 bridgehead atoms. The summed E-state index contributed by atoms with van der Waals surface area (Å²) in [5.41, 5.74) is 0.289. The molecule has 1 aromatic rings. The van der Waals surface area contributed by atoms with Crippen LogP contribution < -0.4 is 5.32 Å². The molecule has 64 valence electrons. The molecule has 0 atom stereocenters. The van der Waals surface area contributed by atoms with E-state index < -0.39 is 6.09 Å². The van der Waals surface area contributed by atoms with Crippen LogP contribution in [0.15, 0.2) is 12.3 Å². The third-order valence-electron chi connectivity index (χ3n) is 1.05. The fourth-order valence-electron chi connectivity index (χ4n) is 0.613. The van der Waals surface area contributed by atoms with Gasteiger partial charge in [-0.15, -0.1) is 0 Å². The van der Waals surface area contributed by atoms with Crippen molar-refractivity contribution in [2.75, 3.05) is 5.32 Å². The van der Waals surface area contributed by atoms with Gasteiger partial charge in [0.25, 0.3) is 0 Å². The summed E-state index contributed by atoms with van der Waals surface area (Å²) in [6.45, 7) is 0. The van der Waals surface area contributed by atoms with Crippen LogP contribution in [-0.2, 0) is 0 Å². The first kappa shape index (κ1) is 9.09. The second-order valence-corrected chi connectivity index (χ2v) is 2.69. The van der Waals surface area contributed by atoms with Crippen LogP contribution in [0.5, 0.6) is 0 Å². The molecule has 0 saturated carbocycles. The van der Waals surface area contributed by atoms with E-state index in [9.17, 15) is 4.79 Å². The molecule has 0 spiro atoms. The van der Waals surface area contributed by atoms with Gasteiger partial charge in [-0.25, -0.2) is 9.78 Å². The molecule has 0 radical (unpaired) electrons. The second-order valence-electron chi connectivity index (χ2n) is 1.93. The highest BCUT2D eigenvalue weighted by Crippen LogP contribution is 2.21. The van der Waals surface area contributed by atoms with Crippen LogP contribution in [0.4, 0.5) is 10.5 Å². The quantitative estimate of drug-likeness (QED) is 0.695. The zero-order valence-corrected chi connectivity index (χ0v) is 7.23. The highest BCUT2D eigenvalue weighted by atomic mass is 35.5. The number of nitrogens with zero attached hydrogens (tertiary/aromatic N) is 1. The summed E-state index contributed by atoms with van der Waals surface area (Å²) in [6.07, 6.45) is 0.109. The smallest absolute Gasteiger partial charge is 0.409 e. The van der Waals surface area contributed by atoms with Crippen LogP contribution in [0, 0.1) is 0 Å². The Kier molecular flexibility index (Phi) is 2.73. The Hall–Kier alpha value is -1.000. The van der Waals surface area contributed by atoms with E-state index in [4.69, 9.17) is 28.3 Å². The molecule has 0 aliphatic heterocycles. The molecule has 0 aromatic carbocycles. The summed E-state index contributed by atoms with van der Waals surface area (Å²) < 4.78 is 0. The lowest BCUT2D eigenvalue weighted by molar-refractivity contribution is 0.209. The fraction of sp³-hybridized carbons (Fsp3) is 0. The molecular formula is C6H4Cl2N2O2. The van der Waals surface area contributed by atoms with Crippen molar-refractivity contribution in [2.24, 2.45) is 0 Å². The topological polar surface area (TPSA) is 62.2 Å². The van der Waals surface area contributed by atoms with Gasteiger partial charge < -0.3 is 5.11 Å². The Morgan fingerprint density at radius 2 is 2.25 bits per heavy atom. The summed E-state index contributed by atoms with van der Waals surface area (Å²) in [4.78, 5) is 13.8. The average Bonchev–Trinajstić information content (AvgIpc) is 1.96. The molecule has 0 saturated heterocycles. The highest BCUT2D eigenvalue weighted by Gasteiger charge is 2.02. The molecule has 1 heterocycles. The average molecular weight is 207 g/mol. The highest BCUT2D eigenvalue weighted by molar-refractivity contribution is 6.41. The number of carbonyl (C=O) groups is 1. The number of hydrogen-bond acceptors (Lipinski definition) is 2. The third-order valence-corrected chi connectivity index (χ3v) is 1.73. The summed E-state index contributed by atoms with van der Waals surface area (Å²) in [5.74, 6) is 0. The zero-order chi connectivity index (χ0) is 9.14. The van der Waals surface area contributed by atoms with E-state index in [0.29, 0.717) is 0 Å². The van der Waals surface area contributed by atoms with E-state index >= 15 is 0 Å². The van der Waals surface area contributed by atoms with Gasteiger partial charge in [0.1, 0.15) is 5.15 Å². The molecule has 2 N–H and O–H groups in total. The van der Waals surface area contributed by atoms with Gasteiger partial charge >= 0.3 is 6.09 Å². The molecule has 12 heavy (non-hydrogen) atoms. The van der Waals surface area contributed by atoms with Gasteiger partial charge in [0.05, 0.1) is 16.9 Å². The zero-order valence-electron chi connectivity index (χ0n) is 5.71. The van der Waals surface area contributed by atoms with Crippen LogP contribution in [0.1, 0.15) is 0 Å². The maximum absolute atomic E-state index is 10.1. The third kappa shape index (κ3) is 2.25. The first-order chi connectivity index (χ1) is 5.59. The molecule has 4 nitrogen and oxygen atoms in total. The number of pyridine rings is 1. The molecule has 0 aliphatic rings. The van der Waals surface area contributed by atoms with E-state index in [2.05, 4.69) is 10.3 Å². The first-order valence-electron chi connectivity index (χ1n) is 2.90. The van der Waals surface area contributed by atoms with Crippen molar-refractivity contribution >= 4 is 35.0 Å². The van der Waals surface area contributed by atoms with Gasteiger partial charge in [-0.2, -0.15) is 0 Å². The lowest BCUT2D eigenvalue weighted by Crippen LogP contribution is -2.07. The number of nitrogens with one attached hydrogen (secondary N) is 1. The number of amides is 1. The van der Waals surface area contributed by atoms with E-state index in [1.807, 2.05) is 0 Å². The summed E-state index contributed by atoms with van der Waals surface area (Å²) in [7, 11) is 0. The molecule has 0 unspecified atom stereocenters. The Morgan fingerprint density at radius 3 is 2.75 bits per heavy atom. The van der Waals surface area contributed by atoms with E-state index in [1.54, 1.807) is 0 Å². The van der Waals surface area contributed by atoms with Crippen molar-refractivity contribution in [3.63, 3.8) is 0 Å². The van der Waals surface area contributed by atoms with Gasteiger partial charge in [-0.05, 0) is 6.07 Å².